The summed E-state index contributed by atoms with van der Waals surface area (Å²) in [6.07, 6.45) is 0.838. The molecule has 1 N–H and O–H groups in total. The highest BCUT2D eigenvalue weighted by atomic mass is 16.4. The first kappa shape index (κ1) is 10.8. The molecule has 0 amide bonds. The molecule has 1 aliphatic heterocycles. The molecule has 2 rings (SSSR count). The lowest BCUT2D eigenvalue weighted by molar-refractivity contribution is 0.0697. The minimum absolute atomic E-state index is 0.246. The molecule has 1 aromatic carbocycles. The van der Waals surface area contributed by atoms with Gasteiger partial charge in [0.2, 0.25) is 0 Å². The second-order valence-corrected chi connectivity index (χ2v) is 4.19. The van der Waals surface area contributed by atoms with Gasteiger partial charge in [-0.2, -0.15) is 10.2 Å². The highest BCUT2D eigenvalue weighted by Crippen LogP contribution is 2.20. The van der Waals surface area contributed by atoms with Gasteiger partial charge in [0, 0.05) is 5.92 Å². The molecular formula is C12H14N2O2. The Balaban J connectivity index is 2.05. The Hall–Kier alpha value is -1.71. The van der Waals surface area contributed by atoms with Crippen molar-refractivity contribution in [2.45, 2.75) is 19.4 Å². The number of carbonyl (C=O) groups is 1. The first-order chi connectivity index (χ1) is 7.66. The van der Waals surface area contributed by atoms with Crippen LogP contribution in [0.1, 0.15) is 22.8 Å². The van der Waals surface area contributed by atoms with Gasteiger partial charge in [-0.15, -0.1) is 0 Å². The van der Waals surface area contributed by atoms with Gasteiger partial charge in [0.05, 0.1) is 18.2 Å². The van der Waals surface area contributed by atoms with Crippen molar-refractivity contribution in [2.24, 2.45) is 16.1 Å². The number of carboxylic acids is 1. The Labute approximate surface area is 94.0 Å². The topological polar surface area (TPSA) is 62.0 Å². The Morgan fingerprint density at radius 1 is 1.44 bits per heavy atom. The van der Waals surface area contributed by atoms with E-state index in [1.165, 1.54) is 0 Å². The average Bonchev–Trinajstić information content (AvgIpc) is 2.65. The summed E-state index contributed by atoms with van der Waals surface area (Å²) in [7, 11) is 0. The van der Waals surface area contributed by atoms with Gasteiger partial charge >= 0.3 is 5.97 Å². The summed E-state index contributed by atoms with van der Waals surface area (Å²) in [5.74, 6) is -0.403. The van der Waals surface area contributed by atoms with Crippen molar-refractivity contribution in [1.82, 2.24) is 0 Å². The number of hydrogen-bond acceptors (Lipinski definition) is 3. The molecule has 0 fully saturated rings. The van der Waals surface area contributed by atoms with Gasteiger partial charge in [-0.25, -0.2) is 4.79 Å². The lowest BCUT2D eigenvalue weighted by Crippen LogP contribution is -2.15. The smallest absolute Gasteiger partial charge is 0.335 e. The fourth-order valence-electron chi connectivity index (χ4n) is 1.78. The highest BCUT2D eigenvalue weighted by Gasteiger charge is 2.21. The van der Waals surface area contributed by atoms with Crippen LogP contribution in [0.25, 0.3) is 0 Å². The number of azo groups is 1. The molecular weight excluding hydrogens is 204 g/mol. The van der Waals surface area contributed by atoms with Gasteiger partial charge in [-0.05, 0) is 24.1 Å². The van der Waals surface area contributed by atoms with Gasteiger partial charge in [0.25, 0.3) is 0 Å². The third-order valence-corrected chi connectivity index (χ3v) is 2.90. The van der Waals surface area contributed by atoms with Crippen molar-refractivity contribution in [3.63, 3.8) is 0 Å². The molecule has 0 saturated carbocycles. The Morgan fingerprint density at radius 2 is 2.12 bits per heavy atom. The van der Waals surface area contributed by atoms with E-state index in [1.54, 1.807) is 12.1 Å². The molecule has 0 bridgehead atoms. The van der Waals surface area contributed by atoms with E-state index in [-0.39, 0.29) is 6.04 Å². The van der Waals surface area contributed by atoms with Crippen LogP contribution in [0.4, 0.5) is 0 Å². The van der Waals surface area contributed by atoms with Crippen LogP contribution in [-0.4, -0.2) is 23.7 Å². The molecule has 1 heterocycles. The summed E-state index contributed by atoms with van der Waals surface area (Å²) in [4.78, 5) is 10.7. The van der Waals surface area contributed by atoms with E-state index in [0.29, 0.717) is 11.5 Å². The van der Waals surface area contributed by atoms with E-state index < -0.39 is 5.97 Å². The Bertz CT molecular complexity index is 412. The number of hydrogen-bond donors (Lipinski definition) is 1. The second-order valence-electron chi connectivity index (χ2n) is 4.19. The van der Waals surface area contributed by atoms with Crippen LogP contribution >= 0.6 is 0 Å². The van der Waals surface area contributed by atoms with E-state index >= 15 is 0 Å². The van der Waals surface area contributed by atoms with Gasteiger partial charge in [-0.1, -0.05) is 19.1 Å². The first-order valence-corrected chi connectivity index (χ1v) is 5.35. The quantitative estimate of drug-likeness (QED) is 0.846. The molecule has 0 spiro atoms. The first-order valence-electron chi connectivity index (χ1n) is 5.35. The molecule has 84 valence electrons. The van der Waals surface area contributed by atoms with Crippen LogP contribution in [0.2, 0.25) is 0 Å². The highest BCUT2D eigenvalue weighted by molar-refractivity contribution is 5.87. The van der Waals surface area contributed by atoms with E-state index in [4.69, 9.17) is 5.11 Å². The van der Waals surface area contributed by atoms with Gasteiger partial charge in [-0.3, -0.25) is 0 Å². The van der Waals surface area contributed by atoms with Crippen molar-refractivity contribution < 1.29 is 9.90 Å². The minimum Gasteiger partial charge on any atom is -0.478 e. The fraction of sp³-hybridized carbons (Fsp3) is 0.417. The molecule has 2 atom stereocenters. The van der Waals surface area contributed by atoms with E-state index in [0.717, 1.165) is 18.5 Å². The molecule has 0 saturated heterocycles. The average molecular weight is 218 g/mol. The summed E-state index contributed by atoms with van der Waals surface area (Å²) >= 11 is 0. The zero-order chi connectivity index (χ0) is 11.5. The van der Waals surface area contributed by atoms with Gasteiger partial charge < -0.3 is 5.11 Å². The molecule has 4 heteroatoms. The molecule has 0 aliphatic carbocycles. The maximum atomic E-state index is 10.7. The van der Waals surface area contributed by atoms with Crippen LogP contribution in [0.3, 0.4) is 0 Å². The zero-order valence-corrected chi connectivity index (χ0v) is 9.13. The predicted molar refractivity (Wildman–Crippen MR) is 59.8 cm³/mol. The lowest BCUT2D eigenvalue weighted by atomic mass is 9.96. The third-order valence-electron chi connectivity index (χ3n) is 2.90. The summed E-state index contributed by atoms with van der Waals surface area (Å²) < 4.78 is 0. The number of nitrogens with zero attached hydrogens (tertiary/aromatic N) is 2. The molecule has 1 aromatic rings. The summed E-state index contributed by atoms with van der Waals surface area (Å²) in [5.41, 5.74) is 1.44. The maximum absolute atomic E-state index is 10.7. The monoisotopic (exact) mass is 218 g/mol. The lowest BCUT2D eigenvalue weighted by Gasteiger charge is -2.11. The molecule has 4 nitrogen and oxygen atoms in total. The molecule has 16 heavy (non-hydrogen) atoms. The van der Waals surface area contributed by atoms with Crippen LogP contribution in [0.5, 0.6) is 0 Å². The van der Waals surface area contributed by atoms with Gasteiger partial charge in [0.1, 0.15) is 0 Å². The molecule has 0 aromatic heterocycles. The normalized spacial score (nSPS) is 23.6. The third kappa shape index (κ3) is 2.27. The summed E-state index contributed by atoms with van der Waals surface area (Å²) in [6.45, 7) is 2.94. The van der Waals surface area contributed by atoms with Crippen LogP contribution < -0.4 is 0 Å². The number of rotatable bonds is 3. The Kier molecular flexibility index (Phi) is 2.99. The number of carboxylic acid groups (broad SMARTS) is 1. The van der Waals surface area contributed by atoms with E-state index in [9.17, 15) is 4.79 Å². The van der Waals surface area contributed by atoms with Crippen molar-refractivity contribution >= 4 is 5.97 Å². The van der Waals surface area contributed by atoms with Crippen LogP contribution in [-0.2, 0) is 6.42 Å². The number of aromatic carboxylic acids is 1. The zero-order valence-electron chi connectivity index (χ0n) is 9.13. The molecule has 0 radical (unpaired) electrons. The minimum atomic E-state index is -0.888. The van der Waals surface area contributed by atoms with Gasteiger partial charge in [0.15, 0.2) is 0 Å². The number of benzene rings is 1. The van der Waals surface area contributed by atoms with Crippen LogP contribution in [0.15, 0.2) is 34.5 Å². The van der Waals surface area contributed by atoms with Crippen LogP contribution in [0, 0.1) is 5.92 Å². The largest absolute Gasteiger partial charge is 0.478 e. The molecule has 2 unspecified atom stereocenters. The van der Waals surface area contributed by atoms with E-state index in [1.807, 2.05) is 12.1 Å². The maximum Gasteiger partial charge on any atom is 0.335 e. The summed E-state index contributed by atoms with van der Waals surface area (Å²) in [5, 5.41) is 17.0. The SMILES string of the molecule is CC1CN=NC1Cc1ccc(C(=O)O)cc1. The fourth-order valence-corrected chi connectivity index (χ4v) is 1.78. The second kappa shape index (κ2) is 4.43. The van der Waals surface area contributed by atoms with E-state index in [2.05, 4.69) is 17.2 Å². The predicted octanol–water partition coefficient (Wildman–Crippen LogP) is 2.40. The van der Waals surface area contributed by atoms with Crippen molar-refractivity contribution in [3.8, 4) is 0 Å². The van der Waals surface area contributed by atoms with Crippen molar-refractivity contribution in [1.29, 1.82) is 0 Å². The van der Waals surface area contributed by atoms with Crippen molar-refractivity contribution in [3.05, 3.63) is 35.4 Å². The Morgan fingerprint density at radius 3 is 2.62 bits per heavy atom. The summed E-state index contributed by atoms with van der Waals surface area (Å²) in [6, 6.07) is 7.22. The standard InChI is InChI=1S/C12H14N2O2/c1-8-7-13-14-11(8)6-9-2-4-10(5-3-9)12(15)16/h2-5,8,11H,6-7H2,1H3,(H,15,16). The molecule has 1 aliphatic rings. The van der Waals surface area contributed by atoms with Crippen molar-refractivity contribution in [2.75, 3.05) is 6.54 Å².